The third-order valence-corrected chi connectivity index (χ3v) is 3.31. The second-order valence-electron chi connectivity index (χ2n) is 4.18. The minimum atomic E-state index is 0.104. The van der Waals surface area contributed by atoms with Crippen molar-refractivity contribution >= 4 is 28.4 Å². The molecule has 0 aliphatic heterocycles. The fourth-order valence-corrected chi connectivity index (χ4v) is 2.19. The van der Waals surface area contributed by atoms with E-state index in [-0.39, 0.29) is 5.78 Å². The van der Waals surface area contributed by atoms with E-state index < -0.39 is 0 Å². The summed E-state index contributed by atoms with van der Waals surface area (Å²) in [6, 6.07) is 0. The minimum absolute atomic E-state index is 0.104. The van der Waals surface area contributed by atoms with E-state index in [4.69, 9.17) is 0 Å². The molecule has 0 saturated heterocycles. The van der Waals surface area contributed by atoms with E-state index in [2.05, 4.69) is 48.0 Å². The maximum Gasteiger partial charge on any atom is 0.184 e. The van der Waals surface area contributed by atoms with Crippen molar-refractivity contribution in [1.29, 1.82) is 0 Å². The van der Waals surface area contributed by atoms with Crippen LogP contribution < -0.4 is 0 Å². The molecule has 0 bridgehead atoms. The number of carbonyl (C=O) groups excluding carboxylic acids is 1. The molecule has 0 saturated carbocycles. The fraction of sp³-hybridized carbons (Fsp3) is 0.500. The van der Waals surface area contributed by atoms with Crippen LogP contribution in [0.25, 0.3) is 0 Å². The second kappa shape index (κ2) is 6.18. The number of rotatable bonds is 6. The highest BCUT2D eigenvalue weighted by molar-refractivity contribution is 14.1. The Morgan fingerprint density at radius 2 is 2.38 bits per heavy atom. The number of Topliss-reactive ketones (excluding diaryl/α,β-unsaturated/α-hetero) is 1. The van der Waals surface area contributed by atoms with Crippen LogP contribution in [0.2, 0.25) is 0 Å². The molecule has 88 valence electrons. The Balaban J connectivity index is 2.78. The van der Waals surface area contributed by atoms with Gasteiger partial charge >= 0.3 is 0 Å². The summed E-state index contributed by atoms with van der Waals surface area (Å²) in [5, 5.41) is 0. The molecule has 3 nitrogen and oxygen atoms in total. The van der Waals surface area contributed by atoms with Gasteiger partial charge in [-0.25, -0.2) is 4.98 Å². The number of carbonyl (C=O) groups is 1. The number of nitrogens with zero attached hydrogens (tertiary/aromatic N) is 2. The maximum atomic E-state index is 11.8. The summed E-state index contributed by atoms with van der Waals surface area (Å²) in [4.78, 5) is 16.0. The predicted molar refractivity (Wildman–Crippen MR) is 73.5 cm³/mol. The van der Waals surface area contributed by atoms with E-state index in [1.165, 1.54) is 0 Å². The molecular formula is C12H17IN2O. The van der Waals surface area contributed by atoms with Crippen molar-refractivity contribution in [2.24, 2.45) is 5.92 Å². The standard InChI is InChI=1S/C12H17IN2O/c1-4-5-6-10(16)11-12(13)15(8-14-11)7-9(2)3/h4,8-9H,1,5-7H2,2-3H3. The molecule has 0 aromatic carbocycles. The zero-order valence-electron chi connectivity index (χ0n) is 9.74. The molecule has 0 amide bonds. The minimum Gasteiger partial charge on any atom is -0.325 e. The Morgan fingerprint density at radius 1 is 1.69 bits per heavy atom. The first-order valence-electron chi connectivity index (χ1n) is 5.41. The van der Waals surface area contributed by atoms with Crippen LogP contribution >= 0.6 is 22.6 Å². The van der Waals surface area contributed by atoms with Crippen LogP contribution in [0.4, 0.5) is 0 Å². The normalized spacial score (nSPS) is 10.8. The number of halogens is 1. The second-order valence-corrected chi connectivity index (χ2v) is 5.20. The molecule has 0 unspecified atom stereocenters. The highest BCUT2D eigenvalue weighted by atomic mass is 127. The lowest BCUT2D eigenvalue weighted by atomic mass is 10.2. The van der Waals surface area contributed by atoms with Crippen LogP contribution in [0.3, 0.4) is 0 Å². The smallest absolute Gasteiger partial charge is 0.184 e. The van der Waals surface area contributed by atoms with Gasteiger partial charge in [-0.2, -0.15) is 0 Å². The lowest BCUT2D eigenvalue weighted by Gasteiger charge is -2.07. The largest absolute Gasteiger partial charge is 0.325 e. The average Bonchev–Trinajstić information content (AvgIpc) is 2.56. The zero-order valence-corrected chi connectivity index (χ0v) is 11.9. The Kier molecular flexibility index (Phi) is 5.18. The molecule has 0 fully saturated rings. The van der Waals surface area contributed by atoms with Crippen LogP contribution in [-0.2, 0) is 6.54 Å². The van der Waals surface area contributed by atoms with Gasteiger partial charge in [0.05, 0.1) is 6.33 Å². The molecule has 16 heavy (non-hydrogen) atoms. The van der Waals surface area contributed by atoms with Gasteiger partial charge in [0.1, 0.15) is 9.39 Å². The van der Waals surface area contributed by atoms with Crippen molar-refractivity contribution in [2.75, 3.05) is 0 Å². The van der Waals surface area contributed by atoms with E-state index in [0.717, 1.165) is 10.2 Å². The van der Waals surface area contributed by atoms with Gasteiger partial charge in [0, 0.05) is 13.0 Å². The molecular weight excluding hydrogens is 315 g/mol. The fourth-order valence-electron chi connectivity index (χ4n) is 1.43. The van der Waals surface area contributed by atoms with Gasteiger partial charge in [0.2, 0.25) is 0 Å². The first kappa shape index (κ1) is 13.4. The predicted octanol–water partition coefficient (Wildman–Crippen LogP) is 3.29. The Labute approximate surface area is 110 Å². The number of aromatic nitrogens is 2. The molecule has 1 heterocycles. The summed E-state index contributed by atoms with van der Waals surface area (Å²) >= 11 is 2.19. The molecule has 0 atom stereocenters. The molecule has 0 N–H and O–H groups in total. The molecule has 0 aliphatic rings. The van der Waals surface area contributed by atoms with Gasteiger partial charge in [-0.15, -0.1) is 6.58 Å². The van der Waals surface area contributed by atoms with Crippen molar-refractivity contribution in [3.63, 3.8) is 0 Å². The highest BCUT2D eigenvalue weighted by Crippen LogP contribution is 2.15. The van der Waals surface area contributed by atoms with E-state index in [1.807, 2.05) is 4.57 Å². The number of imidazole rings is 1. The van der Waals surface area contributed by atoms with Crippen molar-refractivity contribution in [3.05, 3.63) is 28.4 Å². The topological polar surface area (TPSA) is 34.9 Å². The Bertz CT molecular complexity index is 382. The number of ketones is 1. The molecule has 1 rings (SSSR count). The molecule has 0 aliphatic carbocycles. The highest BCUT2D eigenvalue weighted by Gasteiger charge is 2.15. The lowest BCUT2D eigenvalue weighted by molar-refractivity contribution is 0.0978. The number of allylic oxidation sites excluding steroid dienone is 1. The van der Waals surface area contributed by atoms with Crippen molar-refractivity contribution in [3.8, 4) is 0 Å². The van der Waals surface area contributed by atoms with Crippen LogP contribution in [-0.4, -0.2) is 15.3 Å². The average molecular weight is 332 g/mol. The van der Waals surface area contributed by atoms with Crippen LogP contribution in [0.15, 0.2) is 19.0 Å². The van der Waals surface area contributed by atoms with Gasteiger partial charge in [0.15, 0.2) is 5.78 Å². The quantitative estimate of drug-likeness (QED) is 0.455. The summed E-state index contributed by atoms with van der Waals surface area (Å²) in [5.74, 6) is 0.658. The summed E-state index contributed by atoms with van der Waals surface area (Å²) in [6.07, 6.45) is 4.73. The van der Waals surface area contributed by atoms with E-state index in [1.54, 1.807) is 12.4 Å². The van der Waals surface area contributed by atoms with Gasteiger partial charge in [-0.3, -0.25) is 4.79 Å². The van der Waals surface area contributed by atoms with Crippen LogP contribution in [0, 0.1) is 9.62 Å². The van der Waals surface area contributed by atoms with Crippen molar-refractivity contribution in [2.45, 2.75) is 33.2 Å². The molecule has 0 spiro atoms. The van der Waals surface area contributed by atoms with Crippen LogP contribution in [0.5, 0.6) is 0 Å². The molecule has 1 aromatic rings. The van der Waals surface area contributed by atoms with Crippen LogP contribution in [0.1, 0.15) is 37.2 Å². The maximum absolute atomic E-state index is 11.8. The van der Waals surface area contributed by atoms with E-state index >= 15 is 0 Å². The number of hydrogen-bond acceptors (Lipinski definition) is 2. The van der Waals surface area contributed by atoms with Gasteiger partial charge in [-0.05, 0) is 34.9 Å². The van der Waals surface area contributed by atoms with Gasteiger partial charge in [-0.1, -0.05) is 19.9 Å². The lowest BCUT2D eigenvalue weighted by Crippen LogP contribution is -2.07. The number of hydrogen-bond donors (Lipinski definition) is 0. The SMILES string of the molecule is C=CCCC(=O)c1ncn(CC(C)C)c1I. The summed E-state index contributed by atoms with van der Waals surface area (Å²) in [6.45, 7) is 8.81. The summed E-state index contributed by atoms with van der Waals surface area (Å²) in [5.41, 5.74) is 0.600. The third-order valence-electron chi connectivity index (χ3n) is 2.18. The third kappa shape index (κ3) is 3.43. The molecule has 1 aromatic heterocycles. The molecule has 4 heteroatoms. The zero-order chi connectivity index (χ0) is 12.1. The summed E-state index contributed by atoms with van der Waals surface area (Å²) in [7, 11) is 0. The van der Waals surface area contributed by atoms with Gasteiger partial charge in [0.25, 0.3) is 0 Å². The first-order valence-corrected chi connectivity index (χ1v) is 6.48. The van der Waals surface area contributed by atoms with E-state index in [0.29, 0.717) is 24.5 Å². The monoisotopic (exact) mass is 332 g/mol. The Morgan fingerprint density at radius 3 is 2.94 bits per heavy atom. The van der Waals surface area contributed by atoms with Crippen molar-refractivity contribution in [1.82, 2.24) is 9.55 Å². The van der Waals surface area contributed by atoms with Crippen molar-refractivity contribution < 1.29 is 4.79 Å². The molecule has 0 radical (unpaired) electrons. The Hall–Kier alpha value is -0.650. The van der Waals surface area contributed by atoms with Gasteiger partial charge < -0.3 is 4.57 Å². The summed E-state index contributed by atoms with van der Waals surface area (Å²) < 4.78 is 2.98. The van der Waals surface area contributed by atoms with E-state index in [9.17, 15) is 4.79 Å². The first-order chi connectivity index (χ1) is 7.56.